The molecule has 1 aliphatic rings. The number of benzene rings is 2. The molecular formula is C17H10ClNO6. The van der Waals surface area contributed by atoms with E-state index in [1.807, 2.05) is 0 Å². The highest BCUT2D eigenvalue weighted by Crippen LogP contribution is 2.37. The summed E-state index contributed by atoms with van der Waals surface area (Å²) in [5.74, 6) is -2.47. The van der Waals surface area contributed by atoms with E-state index in [1.165, 1.54) is 48.5 Å². The Morgan fingerprint density at radius 2 is 1.68 bits per heavy atom. The molecule has 1 saturated heterocycles. The Kier molecular flexibility index (Phi) is 4.24. The average molecular weight is 360 g/mol. The van der Waals surface area contributed by atoms with Gasteiger partial charge in [0.2, 0.25) is 0 Å². The zero-order chi connectivity index (χ0) is 18.1. The van der Waals surface area contributed by atoms with Gasteiger partial charge in [-0.1, -0.05) is 11.6 Å². The maximum absolute atomic E-state index is 12.1. The molecule has 0 bridgehead atoms. The molecule has 0 aliphatic carbocycles. The standard InChI is InChI=1S/C17H10ClNO6/c18-11-5-1-9(2-6-11)14(20)13-15(21)17(22)25-16(13)10-3-7-12(8-4-10)19(23)24/h1-8,16,20H/b14-13+. The summed E-state index contributed by atoms with van der Waals surface area (Å²) in [6, 6.07) is 11.2. The first-order valence-electron chi connectivity index (χ1n) is 7.07. The van der Waals surface area contributed by atoms with Crippen molar-refractivity contribution in [3.05, 3.63) is 80.4 Å². The molecule has 0 amide bonds. The highest BCUT2D eigenvalue weighted by atomic mass is 35.5. The van der Waals surface area contributed by atoms with E-state index >= 15 is 0 Å². The highest BCUT2D eigenvalue weighted by molar-refractivity contribution is 6.44. The number of non-ortho nitro benzene ring substituents is 1. The molecule has 1 aliphatic heterocycles. The monoisotopic (exact) mass is 359 g/mol. The minimum absolute atomic E-state index is 0.146. The van der Waals surface area contributed by atoms with Crippen LogP contribution in [0.1, 0.15) is 17.2 Å². The Bertz CT molecular complexity index is 902. The lowest BCUT2D eigenvalue weighted by atomic mass is 9.96. The number of hydrogen-bond donors (Lipinski definition) is 1. The van der Waals surface area contributed by atoms with Crippen LogP contribution >= 0.6 is 11.6 Å². The summed E-state index contributed by atoms with van der Waals surface area (Å²) >= 11 is 5.79. The number of carbonyl (C=O) groups is 2. The quantitative estimate of drug-likeness (QED) is 0.225. The first-order chi connectivity index (χ1) is 11.9. The first kappa shape index (κ1) is 16.7. The van der Waals surface area contributed by atoms with Gasteiger partial charge in [0.05, 0.1) is 10.5 Å². The minimum Gasteiger partial charge on any atom is -0.507 e. The molecule has 0 radical (unpaired) electrons. The molecule has 2 aromatic carbocycles. The van der Waals surface area contributed by atoms with Crippen LogP contribution in [0.4, 0.5) is 5.69 Å². The topological polar surface area (TPSA) is 107 Å². The predicted molar refractivity (Wildman–Crippen MR) is 87.9 cm³/mol. The van der Waals surface area contributed by atoms with Gasteiger partial charge in [-0.15, -0.1) is 0 Å². The number of aliphatic hydroxyl groups is 1. The molecule has 1 heterocycles. The third-order valence-electron chi connectivity index (χ3n) is 3.70. The molecule has 1 unspecified atom stereocenters. The molecule has 1 fully saturated rings. The number of carbonyl (C=O) groups excluding carboxylic acids is 2. The zero-order valence-electron chi connectivity index (χ0n) is 12.5. The van der Waals surface area contributed by atoms with Crippen LogP contribution in [-0.2, 0) is 14.3 Å². The maximum atomic E-state index is 12.1. The van der Waals surface area contributed by atoms with E-state index in [1.54, 1.807) is 0 Å². The number of Topliss-reactive ketones (excluding diaryl/α,β-unsaturated/α-hetero) is 1. The second-order valence-electron chi connectivity index (χ2n) is 5.23. The van der Waals surface area contributed by atoms with Crippen molar-refractivity contribution in [2.45, 2.75) is 6.10 Å². The smallest absolute Gasteiger partial charge is 0.380 e. The molecule has 0 spiro atoms. The third-order valence-corrected chi connectivity index (χ3v) is 3.95. The highest BCUT2D eigenvalue weighted by Gasteiger charge is 2.42. The number of esters is 1. The van der Waals surface area contributed by atoms with Gasteiger partial charge in [-0.3, -0.25) is 14.9 Å². The van der Waals surface area contributed by atoms with E-state index in [9.17, 15) is 24.8 Å². The van der Waals surface area contributed by atoms with Crippen LogP contribution in [0.3, 0.4) is 0 Å². The largest absolute Gasteiger partial charge is 0.507 e. The molecule has 25 heavy (non-hydrogen) atoms. The lowest BCUT2D eigenvalue weighted by Crippen LogP contribution is -2.08. The van der Waals surface area contributed by atoms with Crippen LogP contribution in [0.2, 0.25) is 5.02 Å². The van der Waals surface area contributed by atoms with E-state index in [4.69, 9.17) is 16.3 Å². The van der Waals surface area contributed by atoms with Gasteiger partial charge < -0.3 is 9.84 Å². The van der Waals surface area contributed by atoms with Gasteiger partial charge in [-0.2, -0.15) is 0 Å². The van der Waals surface area contributed by atoms with Gasteiger partial charge >= 0.3 is 5.97 Å². The van der Waals surface area contributed by atoms with Crippen LogP contribution < -0.4 is 0 Å². The number of rotatable bonds is 3. The van der Waals surface area contributed by atoms with Crippen molar-refractivity contribution in [3.8, 4) is 0 Å². The van der Waals surface area contributed by atoms with Crippen molar-refractivity contribution in [1.82, 2.24) is 0 Å². The van der Waals surface area contributed by atoms with Gasteiger partial charge in [-0.25, -0.2) is 4.79 Å². The van der Waals surface area contributed by atoms with E-state index in [2.05, 4.69) is 0 Å². The van der Waals surface area contributed by atoms with Crippen LogP contribution in [0.25, 0.3) is 5.76 Å². The minimum atomic E-state index is -1.14. The molecule has 2 aromatic rings. The van der Waals surface area contributed by atoms with Crippen molar-refractivity contribution >= 4 is 34.8 Å². The summed E-state index contributed by atoms with van der Waals surface area (Å²) in [4.78, 5) is 34.0. The Balaban J connectivity index is 2.07. The third kappa shape index (κ3) is 3.09. The molecular weight excluding hydrogens is 350 g/mol. The number of hydrogen-bond acceptors (Lipinski definition) is 6. The first-order valence-corrected chi connectivity index (χ1v) is 7.45. The summed E-state index contributed by atoms with van der Waals surface area (Å²) in [7, 11) is 0. The van der Waals surface area contributed by atoms with Gasteiger partial charge in [0.1, 0.15) is 5.76 Å². The number of aliphatic hydroxyl groups excluding tert-OH is 1. The van der Waals surface area contributed by atoms with E-state index in [-0.39, 0.29) is 16.8 Å². The molecule has 0 aromatic heterocycles. The lowest BCUT2D eigenvalue weighted by molar-refractivity contribution is -0.384. The number of nitro benzene ring substituents is 1. The Labute approximate surface area is 146 Å². The predicted octanol–water partition coefficient (Wildman–Crippen LogP) is 3.38. The fourth-order valence-electron chi connectivity index (χ4n) is 2.45. The summed E-state index contributed by atoms with van der Waals surface area (Å²) in [5, 5.41) is 21.6. The average Bonchev–Trinajstić information content (AvgIpc) is 2.90. The summed E-state index contributed by atoms with van der Waals surface area (Å²) in [5.41, 5.74) is 0.256. The second kappa shape index (κ2) is 6.37. The number of cyclic esters (lactones) is 1. The van der Waals surface area contributed by atoms with E-state index < -0.39 is 28.5 Å². The number of nitrogens with zero attached hydrogens (tertiary/aromatic N) is 1. The van der Waals surface area contributed by atoms with Crippen LogP contribution in [-0.4, -0.2) is 21.8 Å². The molecule has 3 rings (SSSR count). The Morgan fingerprint density at radius 3 is 2.24 bits per heavy atom. The summed E-state index contributed by atoms with van der Waals surface area (Å²) in [6.07, 6.45) is -1.14. The molecule has 1 atom stereocenters. The fraction of sp³-hybridized carbons (Fsp3) is 0.0588. The van der Waals surface area contributed by atoms with E-state index in [0.29, 0.717) is 10.6 Å². The van der Waals surface area contributed by atoms with Gasteiger partial charge in [0.25, 0.3) is 11.5 Å². The Morgan fingerprint density at radius 1 is 1.08 bits per heavy atom. The molecule has 126 valence electrons. The second-order valence-corrected chi connectivity index (χ2v) is 5.67. The number of ketones is 1. The van der Waals surface area contributed by atoms with Gasteiger partial charge in [0.15, 0.2) is 6.10 Å². The molecule has 0 saturated carbocycles. The van der Waals surface area contributed by atoms with Crippen molar-refractivity contribution in [2.24, 2.45) is 0 Å². The van der Waals surface area contributed by atoms with Gasteiger partial charge in [0, 0.05) is 22.7 Å². The number of nitro groups is 1. The van der Waals surface area contributed by atoms with Crippen LogP contribution in [0, 0.1) is 10.1 Å². The van der Waals surface area contributed by atoms with E-state index in [0.717, 1.165) is 0 Å². The molecule has 8 heteroatoms. The van der Waals surface area contributed by atoms with Crippen molar-refractivity contribution in [1.29, 1.82) is 0 Å². The van der Waals surface area contributed by atoms with Crippen LogP contribution in [0.15, 0.2) is 54.1 Å². The normalized spacial score (nSPS) is 18.8. The SMILES string of the molecule is O=C1OC(c2ccc([N+](=O)[O-])cc2)/C(=C(/O)c2ccc(Cl)cc2)C1=O. The molecule has 1 N–H and O–H groups in total. The maximum Gasteiger partial charge on any atom is 0.380 e. The van der Waals surface area contributed by atoms with Crippen molar-refractivity contribution < 1.29 is 24.4 Å². The summed E-state index contributed by atoms with van der Waals surface area (Å²) < 4.78 is 5.04. The summed E-state index contributed by atoms with van der Waals surface area (Å²) in [6.45, 7) is 0. The fourth-order valence-corrected chi connectivity index (χ4v) is 2.58. The zero-order valence-corrected chi connectivity index (χ0v) is 13.3. The molecule has 7 nitrogen and oxygen atoms in total. The Hall–Kier alpha value is -3.19. The van der Waals surface area contributed by atoms with Gasteiger partial charge in [-0.05, 0) is 42.0 Å². The van der Waals surface area contributed by atoms with Crippen molar-refractivity contribution in [2.75, 3.05) is 0 Å². The number of ether oxygens (including phenoxy) is 1. The van der Waals surface area contributed by atoms with Crippen LogP contribution in [0.5, 0.6) is 0 Å². The number of halogens is 1. The lowest BCUT2D eigenvalue weighted by Gasteiger charge is -2.12. The van der Waals surface area contributed by atoms with Crippen molar-refractivity contribution in [3.63, 3.8) is 0 Å².